The first-order chi connectivity index (χ1) is 7.78. The molecule has 0 spiro atoms. The average Bonchev–Trinajstić information content (AvgIpc) is 2.25. The van der Waals surface area contributed by atoms with Crippen LogP contribution in [0.3, 0.4) is 0 Å². The lowest BCUT2D eigenvalue weighted by molar-refractivity contribution is -0.191. The largest absolute Gasteiger partial charge is 0.456 e. The first-order valence-electron chi connectivity index (χ1n) is 5.13. The smallest absolute Gasteiger partial charge is 0.422 e. The Hall–Kier alpha value is -1.33. The SMILES string of the molecule is C[C@]1(C=O)CC=CC[C@@H]1C(=O)OCC(F)(F)F. The molecule has 1 aliphatic rings. The first-order valence-corrected chi connectivity index (χ1v) is 5.13. The zero-order valence-electron chi connectivity index (χ0n) is 9.29. The fourth-order valence-corrected chi connectivity index (χ4v) is 1.73. The molecule has 0 radical (unpaired) electrons. The molecule has 0 aromatic carbocycles. The molecule has 17 heavy (non-hydrogen) atoms. The third-order valence-corrected chi connectivity index (χ3v) is 2.82. The number of halogens is 3. The van der Waals surface area contributed by atoms with Crippen LogP contribution in [0.1, 0.15) is 19.8 Å². The predicted octanol–water partition coefficient (Wildman–Crippen LogP) is 2.26. The number of carbonyl (C=O) groups excluding carboxylic acids is 2. The minimum Gasteiger partial charge on any atom is -0.456 e. The van der Waals surface area contributed by atoms with Crippen molar-refractivity contribution in [2.24, 2.45) is 11.3 Å². The van der Waals surface area contributed by atoms with Crippen LogP contribution in [-0.4, -0.2) is 25.0 Å². The van der Waals surface area contributed by atoms with Gasteiger partial charge in [-0.05, 0) is 12.8 Å². The highest BCUT2D eigenvalue weighted by Gasteiger charge is 2.41. The Morgan fingerprint density at radius 1 is 1.53 bits per heavy atom. The molecule has 0 fully saturated rings. The Balaban J connectivity index is 2.67. The van der Waals surface area contributed by atoms with Crippen molar-refractivity contribution in [3.05, 3.63) is 12.2 Å². The van der Waals surface area contributed by atoms with Crippen LogP contribution in [0.5, 0.6) is 0 Å². The minimum absolute atomic E-state index is 0.228. The lowest BCUT2D eigenvalue weighted by atomic mass is 9.71. The van der Waals surface area contributed by atoms with Gasteiger partial charge >= 0.3 is 12.1 Å². The summed E-state index contributed by atoms with van der Waals surface area (Å²) in [5.41, 5.74) is -0.975. The molecule has 96 valence electrons. The second kappa shape index (κ2) is 4.89. The van der Waals surface area contributed by atoms with Gasteiger partial charge in [0.2, 0.25) is 0 Å². The highest BCUT2D eigenvalue weighted by Crippen LogP contribution is 2.37. The number of aldehydes is 1. The molecule has 3 nitrogen and oxygen atoms in total. The van der Waals surface area contributed by atoms with Crippen molar-refractivity contribution in [1.82, 2.24) is 0 Å². The quantitative estimate of drug-likeness (QED) is 0.438. The number of esters is 1. The first kappa shape index (κ1) is 13.7. The Kier molecular flexibility index (Phi) is 3.95. The molecule has 0 saturated heterocycles. The van der Waals surface area contributed by atoms with Crippen molar-refractivity contribution in [2.75, 3.05) is 6.61 Å². The highest BCUT2D eigenvalue weighted by molar-refractivity contribution is 5.79. The number of alkyl halides is 3. The Morgan fingerprint density at radius 2 is 2.18 bits per heavy atom. The van der Waals surface area contributed by atoms with Gasteiger partial charge in [-0.15, -0.1) is 0 Å². The number of ether oxygens (including phenoxy) is 1. The fourth-order valence-electron chi connectivity index (χ4n) is 1.73. The molecule has 0 unspecified atom stereocenters. The molecule has 0 aromatic rings. The van der Waals surface area contributed by atoms with Crippen LogP contribution in [-0.2, 0) is 14.3 Å². The predicted molar refractivity (Wildman–Crippen MR) is 53.0 cm³/mol. The molecular formula is C11H13F3O3. The molecule has 2 atom stereocenters. The Labute approximate surface area is 96.6 Å². The maximum Gasteiger partial charge on any atom is 0.422 e. The van der Waals surface area contributed by atoms with Gasteiger partial charge in [-0.3, -0.25) is 4.79 Å². The summed E-state index contributed by atoms with van der Waals surface area (Å²) >= 11 is 0. The minimum atomic E-state index is -4.54. The molecule has 0 amide bonds. The van der Waals surface area contributed by atoms with Crippen LogP contribution in [0.4, 0.5) is 13.2 Å². The molecule has 1 aliphatic carbocycles. The van der Waals surface area contributed by atoms with E-state index in [2.05, 4.69) is 4.74 Å². The van der Waals surface area contributed by atoms with E-state index < -0.39 is 30.1 Å². The maximum atomic E-state index is 11.9. The molecule has 0 aromatic heterocycles. The molecule has 0 N–H and O–H groups in total. The van der Waals surface area contributed by atoms with Gasteiger partial charge in [0.1, 0.15) is 6.29 Å². The molecule has 6 heteroatoms. The summed E-state index contributed by atoms with van der Waals surface area (Å²) in [5, 5.41) is 0. The zero-order valence-corrected chi connectivity index (χ0v) is 9.29. The summed E-state index contributed by atoms with van der Waals surface area (Å²) in [4.78, 5) is 22.4. The van der Waals surface area contributed by atoms with Gasteiger partial charge in [0.05, 0.1) is 5.92 Å². The van der Waals surface area contributed by atoms with Crippen molar-refractivity contribution < 1.29 is 27.5 Å². The number of allylic oxidation sites excluding steroid dienone is 2. The van der Waals surface area contributed by atoms with Crippen LogP contribution >= 0.6 is 0 Å². The van der Waals surface area contributed by atoms with Crippen LogP contribution in [0.2, 0.25) is 0 Å². The normalized spacial score (nSPS) is 28.8. The second-order valence-corrected chi connectivity index (χ2v) is 4.31. The van der Waals surface area contributed by atoms with Crippen molar-refractivity contribution >= 4 is 12.3 Å². The highest BCUT2D eigenvalue weighted by atomic mass is 19.4. The Bertz CT molecular complexity index is 335. The van der Waals surface area contributed by atoms with Crippen LogP contribution < -0.4 is 0 Å². The molecule has 0 bridgehead atoms. The molecular weight excluding hydrogens is 237 g/mol. The summed E-state index contributed by atoms with van der Waals surface area (Å²) in [7, 11) is 0. The molecule has 1 rings (SSSR count). The molecule has 0 saturated carbocycles. The van der Waals surface area contributed by atoms with E-state index in [9.17, 15) is 22.8 Å². The van der Waals surface area contributed by atoms with Crippen LogP contribution in [0, 0.1) is 11.3 Å². The van der Waals surface area contributed by atoms with E-state index in [1.165, 1.54) is 0 Å². The lowest BCUT2D eigenvalue weighted by Gasteiger charge is -2.32. The van der Waals surface area contributed by atoms with Gasteiger partial charge in [0.25, 0.3) is 0 Å². The summed E-state index contributed by atoms with van der Waals surface area (Å²) < 4.78 is 39.9. The average molecular weight is 250 g/mol. The maximum absolute atomic E-state index is 11.9. The van der Waals surface area contributed by atoms with E-state index in [1.807, 2.05) is 0 Å². The number of hydrogen-bond acceptors (Lipinski definition) is 3. The van der Waals surface area contributed by atoms with E-state index in [0.29, 0.717) is 12.7 Å². The molecule has 0 aliphatic heterocycles. The van der Waals surface area contributed by atoms with Gasteiger partial charge in [0.15, 0.2) is 6.61 Å². The molecule has 0 heterocycles. The van der Waals surface area contributed by atoms with Gasteiger partial charge in [0, 0.05) is 5.41 Å². The third-order valence-electron chi connectivity index (χ3n) is 2.82. The van der Waals surface area contributed by atoms with E-state index in [0.717, 1.165) is 0 Å². The number of carbonyl (C=O) groups is 2. The van der Waals surface area contributed by atoms with E-state index in [4.69, 9.17) is 0 Å². The Morgan fingerprint density at radius 3 is 2.71 bits per heavy atom. The fraction of sp³-hybridized carbons (Fsp3) is 0.636. The number of rotatable bonds is 3. The zero-order chi connectivity index (χ0) is 13.1. The second-order valence-electron chi connectivity index (χ2n) is 4.31. The van der Waals surface area contributed by atoms with E-state index >= 15 is 0 Å². The van der Waals surface area contributed by atoms with Crippen molar-refractivity contribution in [3.63, 3.8) is 0 Å². The van der Waals surface area contributed by atoms with Crippen molar-refractivity contribution in [2.45, 2.75) is 25.9 Å². The topological polar surface area (TPSA) is 43.4 Å². The summed E-state index contributed by atoms with van der Waals surface area (Å²) in [6.07, 6.45) is 0.0364. The summed E-state index contributed by atoms with van der Waals surface area (Å²) in [6.45, 7) is -0.0655. The summed E-state index contributed by atoms with van der Waals surface area (Å²) in [5.74, 6) is -1.81. The van der Waals surface area contributed by atoms with E-state index in [1.54, 1.807) is 19.1 Å². The van der Waals surface area contributed by atoms with Gasteiger partial charge < -0.3 is 9.53 Å². The monoisotopic (exact) mass is 250 g/mol. The van der Waals surface area contributed by atoms with Crippen molar-refractivity contribution in [3.8, 4) is 0 Å². The standard InChI is InChI=1S/C11H13F3O3/c1-10(6-15)5-3-2-4-8(10)9(16)17-7-11(12,13)14/h2-3,6,8H,4-5,7H2,1H3/t8-,10-/m1/s1. The van der Waals surface area contributed by atoms with Gasteiger partial charge in [-0.2, -0.15) is 13.2 Å². The lowest BCUT2D eigenvalue weighted by Crippen LogP contribution is -2.38. The van der Waals surface area contributed by atoms with Gasteiger partial charge in [-0.1, -0.05) is 19.1 Å². The third kappa shape index (κ3) is 3.57. The summed E-state index contributed by atoms with van der Waals surface area (Å²) in [6, 6.07) is 0. The van der Waals surface area contributed by atoms with Crippen LogP contribution in [0.25, 0.3) is 0 Å². The van der Waals surface area contributed by atoms with Gasteiger partial charge in [-0.25, -0.2) is 0 Å². The van der Waals surface area contributed by atoms with Crippen LogP contribution in [0.15, 0.2) is 12.2 Å². The van der Waals surface area contributed by atoms with E-state index in [-0.39, 0.29) is 6.42 Å². The number of hydrogen-bond donors (Lipinski definition) is 0. The van der Waals surface area contributed by atoms with Crippen molar-refractivity contribution in [1.29, 1.82) is 0 Å².